The second-order valence-electron chi connectivity index (χ2n) is 5.07. The van der Waals surface area contributed by atoms with Crippen LogP contribution in [0, 0.1) is 0 Å². The number of rotatable bonds is 5. The molecule has 22 heavy (non-hydrogen) atoms. The summed E-state index contributed by atoms with van der Waals surface area (Å²) in [6.45, 7) is 0.957. The first-order valence-electron chi connectivity index (χ1n) is 6.93. The fourth-order valence-electron chi connectivity index (χ4n) is 2.30. The number of benzene rings is 1. The monoisotopic (exact) mass is 313 g/mol. The molecule has 0 fully saturated rings. The van der Waals surface area contributed by atoms with Crippen LogP contribution < -0.4 is 0 Å². The molecule has 0 atom stereocenters. The Morgan fingerprint density at radius 1 is 1.32 bits per heavy atom. The van der Waals surface area contributed by atoms with Gasteiger partial charge in [0.1, 0.15) is 0 Å². The third-order valence-electron chi connectivity index (χ3n) is 3.42. The molecule has 0 aliphatic carbocycles. The van der Waals surface area contributed by atoms with Gasteiger partial charge in [-0.3, -0.25) is 0 Å². The van der Waals surface area contributed by atoms with Gasteiger partial charge in [-0.15, -0.1) is 5.10 Å². The molecule has 0 saturated heterocycles. The Hall–Kier alpha value is -1.89. The van der Waals surface area contributed by atoms with Gasteiger partial charge in [-0.1, -0.05) is 12.1 Å². The molecule has 7 heteroatoms. The number of amidine groups is 1. The molecule has 0 aromatic heterocycles. The number of hydrogen-bond donors (Lipinski definition) is 0. The maximum atomic E-state index is 13.3. The first-order chi connectivity index (χ1) is 10.4. The molecule has 120 valence electrons. The normalized spacial score (nSPS) is 15.1. The Balaban J connectivity index is 2.35. The van der Waals surface area contributed by atoms with Gasteiger partial charge in [-0.2, -0.15) is 18.3 Å². The van der Waals surface area contributed by atoms with E-state index >= 15 is 0 Å². The van der Waals surface area contributed by atoms with Crippen LogP contribution in [0.3, 0.4) is 0 Å². The van der Waals surface area contributed by atoms with E-state index in [-0.39, 0.29) is 5.56 Å². The molecule has 1 aliphatic rings. The van der Waals surface area contributed by atoms with Gasteiger partial charge in [0.15, 0.2) is 5.84 Å². The molecule has 4 nitrogen and oxygen atoms in total. The minimum atomic E-state index is -4.39. The zero-order valence-electron chi connectivity index (χ0n) is 12.5. The summed E-state index contributed by atoms with van der Waals surface area (Å²) in [6, 6.07) is 4.33. The lowest BCUT2D eigenvalue weighted by Crippen LogP contribution is -2.31. The Morgan fingerprint density at radius 3 is 2.73 bits per heavy atom. The fourth-order valence-corrected chi connectivity index (χ4v) is 2.30. The number of alkyl halides is 3. The summed E-state index contributed by atoms with van der Waals surface area (Å²) in [5.41, 5.74) is 0.0739. The summed E-state index contributed by atoms with van der Waals surface area (Å²) in [5, 5.41) is 7.72. The maximum absolute atomic E-state index is 13.3. The second kappa shape index (κ2) is 6.91. The van der Waals surface area contributed by atoms with Crippen LogP contribution in [0.4, 0.5) is 13.2 Å². The predicted molar refractivity (Wildman–Crippen MR) is 79.3 cm³/mol. The number of methoxy groups -OCH3 is 1. The standard InChI is InChI=1S/C15H18F3N3O/c1-21-8-7-19-20-14(21)12-6-5-11(4-3-9-22-2)13(10-12)15(16,17)18/h5-7,10H,3-4,8-9H2,1-2H3. The first-order valence-corrected chi connectivity index (χ1v) is 6.93. The van der Waals surface area contributed by atoms with Crippen LogP contribution >= 0.6 is 0 Å². The van der Waals surface area contributed by atoms with Gasteiger partial charge >= 0.3 is 6.18 Å². The minimum Gasteiger partial charge on any atom is -0.385 e. The third kappa shape index (κ3) is 3.85. The van der Waals surface area contributed by atoms with Crippen molar-refractivity contribution in [2.75, 3.05) is 27.3 Å². The minimum absolute atomic E-state index is 0.274. The highest BCUT2D eigenvalue weighted by atomic mass is 19.4. The lowest BCUT2D eigenvalue weighted by atomic mass is 9.99. The van der Waals surface area contributed by atoms with Crippen molar-refractivity contribution in [3.8, 4) is 0 Å². The summed E-state index contributed by atoms with van der Waals surface area (Å²) in [7, 11) is 3.30. The molecule has 1 aliphatic heterocycles. The Bertz CT molecular complexity index is 582. The van der Waals surface area contributed by atoms with Crippen LogP contribution in [-0.2, 0) is 17.3 Å². The van der Waals surface area contributed by atoms with Crippen LogP contribution in [0.15, 0.2) is 28.4 Å². The van der Waals surface area contributed by atoms with Gasteiger partial charge in [-0.25, -0.2) is 0 Å². The van der Waals surface area contributed by atoms with Crippen LogP contribution in [0.5, 0.6) is 0 Å². The van der Waals surface area contributed by atoms with E-state index in [0.717, 1.165) is 6.07 Å². The van der Waals surface area contributed by atoms with Gasteiger partial charge in [-0.05, 0) is 24.5 Å². The molecule has 0 saturated carbocycles. The quantitative estimate of drug-likeness (QED) is 0.784. The van der Waals surface area contributed by atoms with E-state index in [1.54, 1.807) is 24.2 Å². The van der Waals surface area contributed by atoms with E-state index < -0.39 is 11.7 Å². The lowest BCUT2D eigenvalue weighted by molar-refractivity contribution is -0.138. The molecule has 1 heterocycles. The summed E-state index contributed by atoms with van der Waals surface area (Å²) in [5.74, 6) is 0.441. The summed E-state index contributed by atoms with van der Waals surface area (Å²) in [4.78, 5) is 1.76. The highest BCUT2D eigenvalue weighted by Crippen LogP contribution is 2.33. The number of aryl methyl sites for hydroxylation is 1. The predicted octanol–water partition coefficient (Wildman–Crippen LogP) is 2.96. The molecule has 2 rings (SSSR count). The van der Waals surface area contributed by atoms with Crippen molar-refractivity contribution in [2.24, 2.45) is 10.2 Å². The van der Waals surface area contributed by atoms with E-state index in [1.165, 1.54) is 13.2 Å². The average molecular weight is 313 g/mol. The van der Waals surface area contributed by atoms with E-state index in [0.29, 0.717) is 37.4 Å². The topological polar surface area (TPSA) is 37.2 Å². The molecule has 1 aromatic rings. The van der Waals surface area contributed by atoms with Crippen molar-refractivity contribution in [3.63, 3.8) is 0 Å². The van der Waals surface area contributed by atoms with Gasteiger partial charge in [0.05, 0.1) is 12.1 Å². The maximum Gasteiger partial charge on any atom is 0.416 e. The summed E-state index contributed by atoms with van der Waals surface area (Å²) in [6.07, 6.45) is -1.92. The zero-order valence-corrected chi connectivity index (χ0v) is 12.5. The second-order valence-corrected chi connectivity index (χ2v) is 5.07. The molecular formula is C15H18F3N3O. The smallest absolute Gasteiger partial charge is 0.385 e. The Labute approximate surface area is 127 Å². The van der Waals surface area contributed by atoms with Crippen molar-refractivity contribution < 1.29 is 17.9 Å². The Kier molecular flexibility index (Phi) is 5.18. The van der Waals surface area contributed by atoms with Gasteiger partial charge < -0.3 is 9.64 Å². The molecule has 0 unspecified atom stereocenters. The van der Waals surface area contributed by atoms with Crippen LogP contribution in [0.1, 0.15) is 23.1 Å². The first kappa shape index (κ1) is 16.5. The number of nitrogens with zero attached hydrogens (tertiary/aromatic N) is 3. The summed E-state index contributed by atoms with van der Waals surface area (Å²) < 4.78 is 44.8. The Morgan fingerprint density at radius 2 is 2.09 bits per heavy atom. The van der Waals surface area contributed by atoms with Crippen molar-refractivity contribution in [3.05, 3.63) is 34.9 Å². The molecule has 0 spiro atoms. The fraction of sp³-hybridized carbons (Fsp3) is 0.467. The van der Waals surface area contributed by atoms with Crippen molar-refractivity contribution >= 4 is 12.1 Å². The summed E-state index contributed by atoms with van der Waals surface area (Å²) >= 11 is 0. The van der Waals surface area contributed by atoms with Crippen LogP contribution in [0.2, 0.25) is 0 Å². The van der Waals surface area contributed by atoms with Gasteiger partial charge in [0.25, 0.3) is 0 Å². The van der Waals surface area contributed by atoms with Crippen molar-refractivity contribution in [1.29, 1.82) is 0 Å². The molecule has 0 N–H and O–H groups in total. The highest BCUT2D eigenvalue weighted by Gasteiger charge is 2.34. The molecule has 0 bridgehead atoms. The van der Waals surface area contributed by atoms with E-state index in [4.69, 9.17) is 4.74 Å². The number of hydrogen-bond acceptors (Lipinski definition) is 4. The zero-order chi connectivity index (χ0) is 16.2. The van der Waals surface area contributed by atoms with E-state index in [2.05, 4.69) is 10.2 Å². The number of ether oxygens (including phenoxy) is 1. The van der Waals surface area contributed by atoms with Gasteiger partial charge in [0, 0.05) is 32.5 Å². The van der Waals surface area contributed by atoms with Crippen LogP contribution in [0.25, 0.3) is 0 Å². The van der Waals surface area contributed by atoms with Gasteiger partial charge in [0.2, 0.25) is 0 Å². The SMILES string of the molecule is COCCCc1ccc(C2=NN=CCN2C)cc1C(F)(F)F. The average Bonchev–Trinajstić information content (AvgIpc) is 2.47. The molecule has 0 amide bonds. The lowest BCUT2D eigenvalue weighted by Gasteiger charge is -2.22. The largest absolute Gasteiger partial charge is 0.416 e. The number of halogens is 3. The van der Waals surface area contributed by atoms with Crippen LogP contribution in [-0.4, -0.2) is 44.3 Å². The van der Waals surface area contributed by atoms with Crippen molar-refractivity contribution in [2.45, 2.75) is 19.0 Å². The van der Waals surface area contributed by atoms with E-state index in [9.17, 15) is 13.2 Å². The molecular weight excluding hydrogens is 295 g/mol. The van der Waals surface area contributed by atoms with Crippen molar-refractivity contribution in [1.82, 2.24) is 4.90 Å². The highest BCUT2D eigenvalue weighted by molar-refractivity contribution is 6.00. The molecule has 0 radical (unpaired) electrons. The third-order valence-corrected chi connectivity index (χ3v) is 3.42. The van der Waals surface area contributed by atoms with E-state index in [1.807, 2.05) is 0 Å². The molecule has 1 aromatic carbocycles.